The molecule has 0 spiro atoms. The highest BCUT2D eigenvalue weighted by Crippen LogP contribution is 2.46. The molecule has 7 aromatic carbocycles. The fraction of sp³-hybridized carbons (Fsp3) is 0.250. The Labute approximate surface area is 402 Å². The first-order valence-corrected chi connectivity index (χ1v) is 24.1. The minimum absolute atomic E-state index is 0.0448. The second-order valence-electron chi connectivity index (χ2n) is 22.9. The molecule has 3 aromatic heterocycles. The van der Waals surface area contributed by atoms with E-state index in [9.17, 15) is 0 Å². The molecule has 0 fully saturated rings. The van der Waals surface area contributed by atoms with Crippen molar-refractivity contribution >= 4 is 49.3 Å². The lowest BCUT2D eigenvalue weighted by atomic mass is 9.85. The van der Waals surface area contributed by atoms with Gasteiger partial charge in [0.2, 0.25) is 0 Å². The molecule has 0 saturated carbocycles. The van der Waals surface area contributed by atoms with Gasteiger partial charge in [-0.25, -0.2) is 9.83 Å². The van der Waals surface area contributed by atoms with Crippen LogP contribution in [0, 0.1) is 6.57 Å². The zero-order chi connectivity index (χ0) is 48.1. The molecule has 0 aliphatic carbocycles. The Morgan fingerprint density at radius 3 is 1.00 bits per heavy atom. The van der Waals surface area contributed by atoms with Crippen molar-refractivity contribution in [2.45, 2.75) is 105 Å². The first-order valence-electron chi connectivity index (χ1n) is 24.1. The maximum atomic E-state index is 8.98. The van der Waals surface area contributed by atoms with Crippen molar-refractivity contribution in [2.75, 3.05) is 0 Å². The van der Waals surface area contributed by atoms with E-state index in [0.29, 0.717) is 5.69 Å². The number of benzene rings is 7. The van der Waals surface area contributed by atoms with Crippen molar-refractivity contribution in [3.05, 3.63) is 191 Å². The smallest absolute Gasteiger partial charge is 0.197 e. The van der Waals surface area contributed by atoms with Gasteiger partial charge in [0.05, 0.1) is 51.4 Å². The van der Waals surface area contributed by atoms with Gasteiger partial charge in [0.1, 0.15) is 0 Å². The van der Waals surface area contributed by atoms with Gasteiger partial charge in [0.25, 0.3) is 0 Å². The van der Waals surface area contributed by atoms with Crippen LogP contribution >= 0.6 is 0 Å². The second kappa shape index (κ2) is 16.0. The normalized spacial score (nSPS) is 12.7. The lowest BCUT2D eigenvalue weighted by Crippen LogP contribution is -2.11. The zero-order valence-corrected chi connectivity index (χ0v) is 41.8. The minimum atomic E-state index is -0.0467. The van der Waals surface area contributed by atoms with E-state index < -0.39 is 0 Å². The molecule has 3 heterocycles. The van der Waals surface area contributed by atoms with Crippen LogP contribution < -0.4 is 0 Å². The Balaban J connectivity index is 1.38. The highest BCUT2D eigenvalue weighted by Gasteiger charge is 2.27. The molecule has 0 amide bonds. The Kier molecular flexibility index (Phi) is 10.5. The largest absolute Gasteiger partial charge is 0.308 e. The van der Waals surface area contributed by atoms with E-state index in [1.54, 1.807) is 0 Å². The van der Waals surface area contributed by atoms with Crippen LogP contribution in [0.15, 0.2) is 158 Å². The summed E-state index contributed by atoms with van der Waals surface area (Å²) < 4.78 is 4.90. The van der Waals surface area contributed by atoms with E-state index in [-0.39, 0.29) is 21.7 Å². The summed E-state index contributed by atoms with van der Waals surface area (Å²) in [6, 6.07) is 57.6. The third-order valence-corrected chi connectivity index (χ3v) is 14.0. The van der Waals surface area contributed by atoms with E-state index >= 15 is 0 Å². The van der Waals surface area contributed by atoms with Gasteiger partial charge in [-0.1, -0.05) is 168 Å². The average Bonchev–Trinajstić information content (AvgIpc) is 3.81. The Hall–Kier alpha value is -7.22. The summed E-state index contributed by atoms with van der Waals surface area (Å²) in [5, 5.41) is 4.85. The van der Waals surface area contributed by atoms with Crippen LogP contribution in [0.5, 0.6) is 0 Å². The Bertz CT molecular complexity index is 3440. The molecule has 10 rings (SSSR count). The van der Waals surface area contributed by atoms with Gasteiger partial charge in [-0.05, 0) is 128 Å². The van der Waals surface area contributed by atoms with Gasteiger partial charge in [-0.2, -0.15) is 0 Å². The van der Waals surface area contributed by atoms with Crippen LogP contribution in [-0.4, -0.2) is 14.1 Å². The molecule has 0 N–H and O–H groups in total. The Morgan fingerprint density at radius 1 is 0.368 bits per heavy atom. The van der Waals surface area contributed by atoms with Gasteiger partial charge in [0, 0.05) is 32.7 Å². The molecule has 0 aliphatic rings. The van der Waals surface area contributed by atoms with Crippen molar-refractivity contribution < 1.29 is 0 Å². The first-order chi connectivity index (χ1) is 32.2. The molecule has 0 unspecified atom stereocenters. The number of nitrogens with zero attached hydrogens (tertiary/aromatic N) is 4. The average molecular weight is 887 g/mol. The number of fused-ring (bicyclic) bond motifs is 6. The van der Waals surface area contributed by atoms with Crippen LogP contribution in [0.3, 0.4) is 0 Å². The van der Waals surface area contributed by atoms with Crippen LogP contribution in [0.4, 0.5) is 5.69 Å². The molecule has 338 valence electrons. The number of aromatic nitrogens is 3. The summed E-state index contributed by atoms with van der Waals surface area (Å²) in [5.41, 5.74) is 17.5. The second-order valence-corrected chi connectivity index (χ2v) is 22.9. The van der Waals surface area contributed by atoms with E-state index in [1.165, 1.54) is 43.8 Å². The Morgan fingerprint density at radius 2 is 0.691 bits per heavy atom. The summed E-state index contributed by atoms with van der Waals surface area (Å²) in [6.45, 7) is 36.5. The third kappa shape index (κ3) is 7.78. The van der Waals surface area contributed by atoms with Crippen LogP contribution in [0.2, 0.25) is 0 Å². The molecule has 68 heavy (non-hydrogen) atoms. The summed E-state index contributed by atoms with van der Waals surface area (Å²) in [5.74, 6) is 0. The summed E-state index contributed by atoms with van der Waals surface area (Å²) in [7, 11) is 0. The molecule has 4 heteroatoms. The lowest BCUT2D eigenvalue weighted by Gasteiger charge is -2.22. The van der Waals surface area contributed by atoms with E-state index in [2.05, 4.69) is 243 Å². The van der Waals surface area contributed by atoms with Crippen LogP contribution in [0.1, 0.15) is 105 Å². The maximum Gasteiger partial charge on any atom is 0.197 e. The van der Waals surface area contributed by atoms with E-state index in [1.807, 2.05) is 12.1 Å². The predicted molar refractivity (Wildman–Crippen MR) is 290 cm³/mol. The van der Waals surface area contributed by atoms with Gasteiger partial charge in [-0.3, -0.25) is 0 Å². The third-order valence-electron chi connectivity index (χ3n) is 14.0. The van der Waals surface area contributed by atoms with Crippen LogP contribution in [-0.2, 0) is 21.7 Å². The quantitative estimate of drug-likeness (QED) is 0.158. The number of hydrogen-bond donors (Lipinski definition) is 0. The standard InChI is InChI=1S/C64H62N4/c1-61(2,3)43-24-28-55-48(34-43)49-35-44(62(4,5)6)25-29-56(49)67(55)59-38-47(42-32-52(40-20-16-14-17-21-40)66-53(33-42)41-22-18-15-19-23-41)54(65-13)39-60(59)68-57-30-26-45(63(7,8)9)36-50(57)51-37-46(64(10,11)12)27-31-58(51)68/h14-39H,1-12H3. The molecule has 0 radical (unpaired) electrons. The summed E-state index contributed by atoms with van der Waals surface area (Å²) in [4.78, 5) is 9.66. The molecule has 10 aromatic rings. The minimum Gasteiger partial charge on any atom is -0.308 e. The molecular formula is C64H62N4. The monoisotopic (exact) mass is 886 g/mol. The topological polar surface area (TPSA) is 27.1 Å². The van der Waals surface area contributed by atoms with E-state index in [0.717, 1.165) is 67.1 Å². The molecular weight excluding hydrogens is 825 g/mol. The highest BCUT2D eigenvalue weighted by molar-refractivity contribution is 6.12. The van der Waals surface area contributed by atoms with Crippen molar-refractivity contribution in [3.63, 3.8) is 0 Å². The SMILES string of the molecule is [C-]#[N+]c1cc(-n2c3ccc(C(C)(C)C)cc3c3cc(C(C)(C)C)ccc32)c(-n2c3ccc(C(C)(C)C)cc3c3cc(C(C)(C)C)ccc32)cc1-c1cc(-c2ccccc2)nc(-c2ccccc2)c1. The van der Waals surface area contributed by atoms with Gasteiger partial charge >= 0.3 is 0 Å². The van der Waals surface area contributed by atoms with Gasteiger partial charge in [0.15, 0.2) is 5.69 Å². The van der Waals surface area contributed by atoms with Crippen LogP contribution in [0.25, 0.3) is 93.5 Å². The summed E-state index contributed by atoms with van der Waals surface area (Å²) in [6.07, 6.45) is 0. The molecule has 4 nitrogen and oxygen atoms in total. The van der Waals surface area contributed by atoms with Gasteiger partial charge in [-0.15, -0.1) is 0 Å². The molecule has 0 aliphatic heterocycles. The maximum absolute atomic E-state index is 8.98. The van der Waals surface area contributed by atoms with Crippen molar-refractivity contribution in [3.8, 4) is 45.0 Å². The van der Waals surface area contributed by atoms with Crippen molar-refractivity contribution in [1.29, 1.82) is 0 Å². The molecule has 0 atom stereocenters. The lowest BCUT2D eigenvalue weighted by molar-refractivity contribution is 0.590. The first kappa shape index (κ1) is 44.6. The number of pyridine rings is 1. The molecule has 0 saturated heterocycles. The fourth-order valence-electron chi connectivity index (χ4n) is 9.88. The van der Waals surface area contributed by atoms with Crippen molar-refractivity contribution in [1.82, 2.24) is 14.1 Å². The van der Waals surface area contributed by atoms with Gasteiger partial charge < -0.3 is 9.13 Å². The number of hydrogen-bond acceptors (Lipinski definition) is 1. The fourth-order valence-corrected chi connectivity index (χ4v) is 9.88. The summed E-state index contributed by atoms with van der Waals surface area (Å²) >= 11 is 0. The highest BCUT2D eigenvalue weighted by atomic mass is 15.1. The number of rotatable bonds is 5. The molecule has 0 bridgehead atoms. The zero-order valence-electron chi connectivity index (χ0n) is 41.8. The predicted octanol–water partition coefficient (Wildman–Crippen LogP) is 18.0. The van der Waals surface area contributed by atoms with Crippen molar-refractivity contribution in [2.24, 2.45) is 0 Å². The van der Waals surface area contributed by atoms with E-state index in [4.69, 9.17) is 11.6 Å².